The molecule has 4 saturated carbocycles. The van der Waals surface area contributed by atoms with Gasteiger partial charge >= 0.3 is 5.97 Å². The topological polar surface area (TPSA) is 44.8 Å². The molecule has 0 heterocycles. The SMILES string of the molecule is C[C@H](C(=O)OCC1=CC[C@H]2CC1C2(C)C)[C@H]1CC[C@H]2C(=CC=C3C[C@@H](O[Si](C)(C)C(C)(C)C)C[C@H](O[Si](C)(C)C(C)(C)C)C3)CCC[C@]12C. The molecule has 6 rings (SSSR count). The van der Waals surface area contributed by atoms with Crippen LogP contribution in [0.5, 0.6) is 0 Å². The van der Waals surface area contributed by atoms with Gasteiger partial charge in [-0.3, -0.25) is 4.79 Å². The maximum Gasteiger partial charge on any atom is 0.309 e. The van der Waals surface area contributed by atoms with Crippen molar-refractivity contribution in [3.05, 3.63) is 34.9 Å². The normalized spacial score (nSPS) is 34.9. The van der Waals surface area contributed by atoms with Crippen molar-refractivity contribution < 1.29 is 18.4 Å². The number of carbonyl (C=O) groups is 1. The lowest BCUT2D eigenvalue weighted by molar-refractivity contribution is -0.151. The fraction of sp³-hybridized carbons (Fsp3) is 0.837. The number of allylic oxidation sites excluding steroid dienone is 4. The Morgan fingerprint density at radius 3 is 2.02 bits per heavy atom. The van der Waals surface area contributed by atoms with E-state index in [1.165, 1.54) is 43.3 Å². The van der Waals surface area contributed by atoms with Crippen molar-refractivity contribution in [2.75, 3.05) is 6.61 Å². The van der Waals surface area contributed by atoms with Crippen molar-refractivity contribution in [3.63, 3.8) is 0 Å². The Kier molecular flexibility index (Phi) is 11.0. The first-order chi connectivity index (χ1) is 22.5. The first-order valence-electron chi connectivity index (χ1n) is 20.1. The monoisotopic (exact) mass is 711 g/mol. The molecule has 0 saturated heterocycles. The van der Waals surface area contributed by atoms with Crippen molar-refractivity contribution in [1.29, 1.82) is 0 Å². The van der Waals surface area contributed by atoms with Crippen LogP contribution in [0.4, 0.5) is 0 Å². The van der Waals surface area contributed by atoms with Crippen LogP contribution in [0, 0.1) is 40.4 Å². The molecule has 0 N–H and O–H groups in total. The van der Waals surface area contributed by atoms with Crippen LogP contribution in [0.3, 0.4) is 0 Å². The van der Waals surface area contributed by atoms with Gasteiger partial charge < -0.3 is 13.6 Å². The van der Waals surface area contributed by atoms with E-state index in [1.807, 2.05) is 0 Å². The Balaban J connectivity index is 1.29. The molecule has 6 aliphatic carbocycles. The van der Waals surface area contributed by atoms with Gasteiger partial charge in [0.1, 0.15) is 6.61 Å². The second-order valence-corrected chi connectivity index (χ2v) is 30.5. The summed E-state index contributed by atoms with van der Waals surface area (Å²) in [6.45, 7) is 33.6. The third kappa shape index (κ3) is 7.88. The minimum atomic E-state index is -1.91. The van der Waals surface area contributed by atoms with Crippen LogP contribution >= 0.6 is 0 Å². The van der Waals surface area contributed by atoms with E-state index in [4.69, 9.17) is 13.6 Å². The Hall–Kier alpha value is -0.956. The van der Waals surface area contributed by atoms with E-state index in [0.29, 0.717) is 29.8 Å². The Morgan fingerprint density at radius 2 is 1.49 bits per heavy atom. The summed E-state index contributed by atoms with van der Waals surface area (Å²) in [5.74, 6) is 2.30. The lowest BCUT2D eigenvalue weighted by Crippen LogP contribution is -2.49. The Bertz CT molecular complexity index is 1290. The first-order valence-corrected chi connectivity index (χ1v) is 25.9. The molecule has 0 aliphatic heterocycles. The maximum absolute atomic E-state index is 13.6. The highest BCUT2D eigenvalue weighted by atomic mass is 28.4. The highest BCUT2D eigenvalue weighted by Gasteiger charge is 2.54. The predicted octanol–water partition coefficient (Wildman–Crippen LogP) is 12.2. The van der Waals surface area contributed by atoms with E-state index in [1.54, 1.807) is 5.57 Å². The fourth-order valence-electron chi connectivity index (χ4n) is 10.0. The predicted molar refractivity (Wildman–Crippen MR) is 211 cm³/mol. The number of carbonyl (C=O) groups excluding carboxylic acids is 1. The van der Waals surface area contributed by atoms with Crippen molar-refractivity contribution in [2.45, 2.75) is 182 Å². The zero-order valence-electron chi connectivity index (χ0n) is 34.2. The maximum atomic E-state index is 13.6. The van der Waals surface area contributed by atoms with Crippen LogP contribution in [0.25, 0.3) is 0 Å². The lowest BCUT2D eigenvalue weighted by atomic mass is 9.49. The third-order valence-corrected chi connectivity index (χ3v) is 24.6. The fourth-order valence-corrected chi connectivity index (χ4v) is 12.8. The summed E-state index contributed by atoms with van der Waals surface area (Å²) in [5, 5.41) is 0.372. The smallest absolute Gasteiger partial charge is 0.309 e. The molecular formula is C43H74O4Si2. The molecule has 0 radical (unpaired) electrons. The highest BCUT2D eigenvalue weighted by molar-refractivity contribution is 6.74. The molecule has 0 aromatic carbocycles. The Labute approximate surface area is 303 Å². The van der Waals surface area contributed by atoms with Crippen molar-refractivity contribution >= 4 is 22.6 Å². The molecule has 0 amide bonds. The zero-order chi connectivity index (χ0) is 36.4. The number of hydrogen-bond donors (Lipinski definition) is 0. The molecule has 2 bridgehead atoms. The minimum Gasteiger partial charge on any atom is -0.461 e. The molecule has 0 aromatic rings. The molecule has 8 atom stereocenters. The Morgan fingerprint density at radius 1 is 0.898 bits per heavy atom. The number of fused-ring (bicyclic) bond motifs is 2. The van der Waals surface area contributed by atoms with E-state index in [2.05, 4.69) is 114 Å². The molecule has 1 unspecified atom stereocenters. The third-order valence-electron chi connectivity index (χ3n) is 15.6. The van der Waals surface area contributed by atoms with Gasteiger partial charge in [-0.05, 0) is 141 Å². The van der Waals surface area contributed by atoms with E-state index in [-0.39, 0.29) is 39.6 Å². The van der Waals surface area contributed by atoms with E-state index in [0.717, 1.165) is 38.0 Å². The summed E-state index contributed by atoms with van der Waals surface area (Å²) >= 11 is 0. The van der Waals surface area contributed by atoms with Crippen LogP contribution in [0.2, 0.25) is 36.3 Å². The van der Waals surface area contributed by atoms with Gasteiger partial charge in [0.2, 0.25) is 0 Å². The largest absolute Gasteiger partial charge is 0.461 e. The molecule has 6 heteroatoms. The molecule has 0 spiro atoms. The van der Waals surface area contributed by atoms with Gasteiger partial charge in [0.05, 0.1) is 18.1 Å². The zero-order valence-corrected chi connectivity index (χ0v) is 36.2. The lowest BCUT2D eigenvalue weighted by Gasteiger charge is -2.56. The average molecular weight is 711 g/mol. The summed E-state index contributed by atoms with van der Waals surface area (Å²) in [5.41, 5.74) is 4.98. The van der Waals surface area contributed by atoms with Crippen LogP contribution in [0.15, 0.2) is 34.9 Å². The number of rotatable bonds is 9. The molecule has 4 fully saturated rings. The van der Waals surface area contributed by atoms with Gasteiger partial charge in [-0.15, -0.1) is 0 Å². The van der Waals surface area contributed by atoms with Crippen LogP contribution < -0.4 is 0 Å². The quantitative estimate of drug-likeness (QED) is 0.136. The van der Waals surface area contributed by atoms with Gasteiger partial charge in [0, 0.05) is 0 Å². The van der Waals surface area contributed by atoms with E-state index < -0.39 is 16.6 Å². The summed E-state index contributed by atoms with van der Waals surface area (Å²) in [6.07, 6.45) is 19.1. The number of esters is 1. The summed E-state index contributed by atoms with van der Waals surface area (Å²) in [6, 6.07) is 0. The second-order valence-electron chi connectivity index (χ2n) is 21.0. The second kappa shape index (κ2) is 13.8. The van der Waals surface area contributed by atoms with Crippen LogP contribution in [-0.4, -0.2) is 41.4 Å². The molecule has 278 valence electrons. The molecule has 4 nitrogen and oxygen atoms in total. The molecule has 0 aromatic heterocycles. The first kappa shape index (κ1) is 39.3. The molecular weight excluding hydrogens is 637 g/mol. The van der Waals surface area contributed by atoms with Gasteiger partial charge in [-0.25, -0.2) is 0 Å². The van der Waals surface area contributed by atoms with Gasteiger partial charge in [0.15, 0.2) is 16.6 Å². The van der Waals surface area contributed by atoms with Gasteiger partial charge in [-0.1, -0.05) is 98.6 Å². The average Bonchev–Trinajstić information content (AvgIpc) is 3.34. The van der Waals surface area contributed by atoms with E-state index >= 15 is 0 Å². The summed E-state index contributed by atoms with van der Waals surface area (Å²) in [4.78, 5) is 13.6. The standard InChI is InChI=1S/C43H74O4Si2/c1-29(39(44)45-28-32-19-20-33-26-38(32)42(33,8)9)36-21-22-37-31(16-15-23-43(36,37)10)18-17-30-24-34(46-48(11,12)40(2,3)4)27-35(25-30)47-49(13,14)41(5,6)7/h17-19,29,33-38H,15-16,20-28H2,1-14H3/t29-,33-,34+,35+,36+,37-,38?,43+/m0/s1. The number of hydrogen-bond acceptors (Lipinski definition) is 4. The summed E-state index contributed by atoms with van der Waals surface area (Å²) < 4.78 is 20.3. The highest BCUT2D eigenvalue weighted by Crippen LogP contribution is 2.61. The van der Waals surface area contributed by atoms with Crippen LogP contribution in [0.1, 0.15) is 133 Å². The van der Waals surface area contributed by atoms with Crippen LogP contribution in [-0.2, 0) is 18.4 Å². The molecule has 49 heavy (non-hydrogen) atoms. The van der Waals surface area contributed by atoms with Gasteiger partial charge in [0.25, 0.3) is 0 Å². The minimum absolute atomic E-state index is 0.0213. The van der Waals surface area contributed by atoms with Crippen molar-refractivity contribution in [3.8, 4) is 0 Å². The molecule has 6 aliphatic rings. The van der Waals surface area contributed by atoms with Gasteiger partial charge in [-0.2, -0.15) is 0 Å². The van der Waals surface area contributed by atoms with Crippen molar-refractivity contribution in [2.24, 2.45) is 40.4 Å². The van der Waals surface area contributed by atoms with Crippen molar-refractivity contribution in [1.82, 2.24) is 0 Å². The summed E-state index contributed by atoms with van der Waals surface area (Å²) in [7, 11) is -3.82. The number of ether oxygens (including phenoxy) is 1. The van der Waals surface area contributed by atoms with E-state index in [9.17, 15) is 4.79 Å².